The molecule has 0 aliphatic rings. The average Bonchev–Trinajstić information content (AvgIpc) is 3.33. The van der Waals surface area contributed by atoms with Crippen molar-refractivity contribution in [2.24, 2.45) is 17.6 Å². The molecule has 0 aliphatic carbocycles. The first kappa shape index (κ1) is 69.9. The Morgan fingerprint density at radius 1 is 0.447 bits per heavy atom. The number of carboxylic acids is 3. The third kappa shape index (κ3) is 31.7. The van der Waals surface area contributed by atoms with Gasteiger partial charge in [0.05, 0.1) is 45.2 Å². The Bertz CT molecular complexity index is 1860. The molecular formula is C47H83N9O20. The highest BCUT2D eigenvalue weighted by molar-refractivity contribution is 5.98. The van der Waals surface area contributed by atoms with Crippen molar-refractivity contribution in [2.45, 2.75) is 160 Å². The summed E-state index contributed by atoms with van der Waals surface area (Å²) in [5.41, 5.74) is 5.40. The Labute approximate surface area is 441 Å². The summed E-state index contributed by atoms with van der Waals surface area (Å²) in [6.45, 7) is 11.2. The minimum absolute atomic E-state index is 0.0265. The van der Waals surface area contributed by atoms with Crippen LogP contribution in [0.1, 0.15) is 106 Å². The highest BCUT2D eigenvalue weighted by Gasteiger charge is 2.37. The number of hydrogen-bond acceptors (Lipinski definition) is 18. The zero-order valence-corrected chi connectivity index (χ0v) is 44.3. The minimum Gasteiger partial charge on any atom is -0.481 e. The van der Waals surface area contributed by atoms with Crippen LogP contribution < -0.4 is 48.3 Å². The largest absolute Gasteiger partial charge is 0.481 e. The Morgan fingerprint density at radius 3 is 1.25 bits per heavy atom. The van der Waals surface area contributed by atoms with Gasteiger partial charge in [-0.05, 0) is 70.8 Å². The molecule has 0 rings (SSSR count). The summed E-state index contributed by atoms with van der Waals surface area (Å²) < 4.78 is 16.2. The van der Waals surface area contributed by atoms with E-state index in [1.165, 1.54) is 0 Å². The van der Waals surface area contributed by atoms with Crippen LogP contribution in [-0.2, 0) is 67.0 Å². The summed E-state index contributed by atoms with van der Waals surface area (Å²) >= 11 is 0. The lowest BCUT2D eigenvalue weighted by molar-refractivity contribution is -0.143. The molecule has 0 saturated heterocycles. The molecule has 436 valence electrons. The smallest absolute Gasteiger partial charge is 0.326 e. The third-order valence-corrected chi connectivity index (χ3v) is 10.8. The maximum absolute atomic E-state index is 13.7. The lowest BCUT2D eigenvalue weighted by Crippen LogP contribution is -2.62. The molecule has 76 heavy (non-hydrogen) atoms. The molecule has 0 fully saturated rings. The number of aliphatic hydroxyl groups is 3. The molecular weight excluding hydrogens is 1010 g/mol. The van der Waals surface area contributed by atoms with Crippen LogP contribution in [0, 0.1) is 11.8 Å². The number of aliphatic hydroxyl groups excluding tert-OH is 3. The summed E-state index contributed by atoms with van der Waals surface area (Å²) in [6, 6.07) is -12.0. The number of rotatable bonds is 43. The van der Waals surface area contributed by atoms with Crippen LogP contribution in [-0.4, -0.2) is 210 Å². The van der Waals surface area contributed by atoms with Crippen molar-refractivity contribution in [3.63, 3.8) is 0 Å². The SMILES string of the molecule is CC(C)C[C@H](NC(=O)CCC(=O)NCCCOCCOCCOCCCN)C(=O)N[C@@H](CO)C(=O)N[C@@H](CCC(=O)O)C(=O)N[C@H](C(=O)N[C@@H](CCC(=O)O)C(=O)N[C@H](C(=O)N[C@H](CC(C)C)C(=O)O)C(C)O)C(C)O. The minimum atomic E-state index is -2.00. The topological polar surface area (TPSA) is 459 Å². The number of carbonyl (C=O) groups excluding carboxylic acids is 8. The molecule has 0 saturated carbocycles. The normalized spacial score (nSPS) is 14.8. The fraction of sp³-hybridized carbons (Fsp3) is 0.766. The second kappa shape index (κ2) is 39.3. The number of nitrogens with two attached hydrogens (primary N) is 1. The van der Waals surface area contributed by atoms with Crippen LogP contribution in [0.15, 0.2) is 0 Å². The molecule has 0 aromatic rings. The monoisotopic (exact) mass is 1090 g/mol. The van der Waals surface area contributed by atoms with Crippen LogP contribution in [0.4, 0.5) is 0 Å². The zero-order chi connectivity index (χ0) is 57.9. The van der Waals surface area contributed by atoms with Gasteiger partial charge in [0, 0.05) is 45.4 Å². The summed E-state index contributed by atoms with van der Waals surface area (Å²) in [7, 11) is 0. The summed E-state index contributed by atoms with van der Waals surface area (Å²) in [4.78, 5) is 141. The van der Waals surface area contributed by atoms with E-state index in [1.54, 1.807) is 27.7 Å². The quantitative estimate of drug-likeness (QED) is 0.0257. The van der Waals surface area contributed by atoms with Crippen molar-refractivity contribution in [3.05, 3.63) is 0 Å². The summed E-state index contributed by atoms with van der Waals surface area (Å²) in [5, 5.41) is 77.8. The van der Waals surface area contributed by atoms with Crippen molar-refractivity contribution in [1.29, 1.82) is 0 Å². The van der Waals surface area contributed by atoms with Gasteiger partial charge in [-0.2, -0.15) is 0 Å². The molecule has 0 aromatic carbocycles. The van der Waals surface area contributed by atoms with Gasteiger partial charge in [-0.15, -0.1) is 0 Å². The predicted octanol–water partition coefficient (Wildman–Crippen LogP) is -4.27. The number of nitrogens with one attached hydrogen (secondary N) is 8. The molecule has 2 unspecified atom stereocenters. The highest BCUT2D eigenvalue weighted by Crippen LogP contribution is 2.10. The second-order valence-corrected chi connectivity index (χ2v) is 18.6. The zero-order valence-electron chi connectivity index (χ0n) is 44.3. The number of carboxylic acid groups (broad SMARTS) is 3. The van der Waals surface area contributed by atoms with Gasteiger partial charge in [-0.3, -0.25) is 47.9 Å². The highest BCUT2D eigenvalue weighted by atomic mass is 16.5. The van der Waals surface area contributed by atoms with Crippen molar-refractivity contribution in [3.8, 4) is 0 Å². The van der Waals surface area contributed by atoms with E-state index < -0.39 is 152 Å². The van der Waals surface area contributed by atoms with E-state index in [2.05, 4.69) is 42.5 Å². The van der Waals surface area contributed by atoms with Crippen molar-refractivity contribution < 1.29 is 97.6 Å². The van der Waals surface area contributed by atoms with Gasteiger partial charge in [-0.25, -0.2) is 4.79 Å². The van der Waals surface area contributed by atoms with Gasteiger partial charge in [-0.1, -0.05) is 27.7 Å². The Kier molecular flexibility index (Phi) is 36.1. The molecule has 0 aliphatic heterocycles. The van der Waals surface area contributed by atoms with Crippen LogP contribution >= 0.6 is 0 Å². The lowest BCUT2D eigenvalue weighted by Gasteiger charge is -2.29. The molecule has 29 nitrogen and oxygen atoms in total. The Balaban J connectivity index is 5.85. The number of carbonyl (C=O) groups is 11. The van der Waals surface area contributed by atoms with Gasteiger partial charge in [0.2, 0.25) is 47.3 Å². The standard InChI is InChI=1S/C47H83N9O20/c1-26(2)23-32(50-36(61)12-11-35(60)49-16-8-18-75-20-22-76-21-19-74-17-7-15-48)43(68)54-34(25-57)44(69)51-30(9-13-37(62)63)41(66)55-39(28(5)58)45(70)52-31(10-14-38(64)65)42(67)56-40(29(6)59)46(71)53-33(47(72)73)24-27(3)4/h26-34,39-40,57-59H,7-25,48H2,1-6H3,(H,49,60)(H,50,61)(H,51,69)(H,52,70)(H,53,71)(H,54,68)(H,55,66)(H,56,67)(H,62,63)(H,64,65)(H,72,73)/t28?,29?,30-,31-,32-,33+,34-,39-,40-/m0/s1. The molecule has 8 amide bonds. The second-order valence-electron chi connectivity index (χ2n) is 18.6. The first-order valence-corrected chi connectivity index (χ1v) is 25.2. The maximum Gasteiger partial charge on any atom is 0.326 e. The van der Waals surface area contributed by atoms with E-state index in [-0.39, 0.29) is 44.1 Å². The van der Waals surface area contributed by atoms with Crippen molar-refractivity contribution in [1.82, 2.24) is 42.5 Å². The van der Waals surface area contributed by atoms with E-state index in [9.17, 15) is 83.4 Å². The van der Waals surface area contributed by atoms with E-state index in [0.29, 0.717) is 52.6 Å². The van der Waals surface area contributed by atoms with Gasteiger partial charge in [0.15, 0.2) is 0 Å². The van der Waals surface area contributed by atoms with E-state index in [0.717, 1.165) is 20.3 Å². The van der Waals surface area contributed by atoms with Crippen LogP contribution in [0.5, 0.6) is 0 Å². The Hall–Kier alpha value is -6.11. The fourth-order valence-corrected chi connectivity index (χ4v) is 6.76. The fourth-order valence-electron chi connectivity index (χ4n) is 6.76. The van der Waals surface area contributed by atoms with Crippen LogP contribution in [0.3, 0.4) is 0 Å². The van der Waals surface area contributed by atoms with Gasteiger partial charge in [0.25, 0.3) is 0 Å². The maximum atomic E-state index is 13.7. The molecule has 0 spiro atoms. The molecule has 0 radical (unpaired) electrons. The number of amides is 8. The van der Waals surface area contributed by atoms with E-state index in [1.807, 2.05) is 0 Å². The predicted molar refractivity (Wildman–Crippen MR) is 267 cm³/mol. The van der Waals surface area contributed by atoms with Crippen molar-refractivity contribution >= 4 is 65.2 Å². The lowest BCUT2D eigenvalue weighted by atomic mass is 10.0. The van der Waals surface area contributed by atoms with Gasteiger partial charge >= 0.3 is 17.9 Å². The van der Waals surface area contributed by atoms with Crippen LogP contribution in [0.2, 0.25) is 0 Å². The molecule has 0 bridgehead atoms. The number of ether oxygens (including phenoxy) is 3. The molecule has 16 N–H and O–H groups in total. The third-order valence-electron chi connectivity index (χ3n) is 10.8. The molecule has 9 atom stereocenters. The first-order chi connectivity index (χ1) is 35.7. The first-order valence-electron chi connectivity index (χ1n) is 25.2. The van der Waals surface area contributed by atoms with Crippen molar-refractivity contribution in [2.75, 3.05) is 59.3 Å². The molecule has 29 heteroatoms. The number of aliphatic carboxylic acids is 3. The molecule has 0 heterocycles. The van der Waals surface area contributed by atoms with Crippen LogP contribution in [0.25, 0.3) is 0 Å². The van der Waals surface area contributed by atoms with E-state index in [4.69, 9.17) is 19.9 Å². The summed E-state index contributed by atoms with van der Waals surface area (Å²) in [6.07, 6.45) is -5.58. The van der Waals surface area contributed by atoms with Gasteiger partial charge in [0.1, 0.15) is 42.3 Å². The molecule has 0 aromatic heterocycles. The average molecular weight is 1090 g/mol. The number of hydrogen-bond donors (Lipinski definition) is 15. The van der Waals surface area contributed by atoms with Gasteiger partial charge < -0.3 is 93.1 Å². The van der Waals surface area contributed by atoms with E-state index >= 15 is 0 Å². The summed E-state index contributed by atoms with van der Waals surface area (Å²) in [5.74, 6) is -13.0. The Morgan fingerprint density at radius 2 is 0.829 bits per heavy atom.